The maximum absolute atomic E-state index is 12.0. The van der Waals surface area contributed by atoms with E-state index < -0.39 is 13.0 Å². The van der Waals surface area contributed by atoms with Gasteiger partial charge in [-0.05, 0) is 18.1 Å². The Morgan fingerprint density at radius 2 is 2.05 bits per heavy atom. The molecule has 20 heavy (non-hydrogen) atoms. The maximum atomic E-state index is 12.0. The van der Waals surface area contributed by atoms with Crippen molar-refractivity contribution in [3.05, 3.63) is 42.1 Å². The minimum atomic E-state index is -2.45. The first-order valence-electron chi connectivity index (χ1n) is 6.38. The van der Waals surface area contributed by atoms with Gasteiger partial charge in [-0.3, -0.25) is 16.3 Å². The van der Waals surface area contributed by atoms with Gasteiger partial charge in [0.1, 0.15) is 6.61 Å². The van der Waals surface area contributed by atoms with Gasteiger partial charge in [-0.2, -0.15) is 0 Å². The predicted molar refractivity (Wildman–Crippen MR) is 73.2 cm³/mol. The fraction of sp³-hybridized carbons (Fsp3) is 0.357. The summed E-state index contributed by atoms with van der Waals surface area (Å²) in [6, 6.07) is 9.45. The lowest BCUT2D eigenvalue weighted by Crippen LogP contribution is -2.29. The van der Waals surface area contributed by atoms with Crippen LogP contribution in [0, 0.1) is 0 Å². The minimum absolute atomic E-state index is 0.189. The Balaban J connectivity index is 2.09. The van der Waals surface area contributed by atoms with Crippen LogP contribution in [0.2, 0.25) is 0 Å². The molecule has 2 rings (SSSR count). The van der Waals surface area contributed by atoms with Crippen molar-refractivity contribution in [2.24, 2.45) is 5.84 Å². The van der Waals surface area contributed by atoms with Crippen LogP contribution in [0.4, 0.5) is 8.78 Å². The Morgan fingerprint density at radius 3 is 2.80 bits per heavy atom. The van der Waals surface area contributed by atoms with Crippen LogP contribution in [0.15, 0.2) is 36.5 Å². The Kier molecular flexibility index (Phi) is 5.34. The fourth-order valence-corrected chi connectivity index (χ4v) is 2.11. The molecule has 0 aliphatic rings. The Labute approximate surface area is 115 Å². The molecule has 108 valence electrons. The zero-order valence-corrected chi connectivity index (χ0v) is 10.9. The highest BCUT2D eigenvalue weighted by molar-refractivity contribution is 5.81. The molecule has 0 saturated heterocycles. The van der Waals surface area contributed by atoms with Crippen LogP contribution in [-0.2, 0) is 4.74 Å². The van der Waals surface area contributed by atoms with E-state index in [2.05, 4.69) is 10.4 Å². The number of benzene rings is 1. The molecule has 6 heteroatoms. The van der Waals surface area contributed by atoms with Crippen molar-refractivity contribution >= 4 is 10.9 Å². The van der Waals surface area contributed by atoms with Crippen molar-refractivity contribution in [2.75, 3.05) is 13.2 Å². The maximum Gasteiger partial charge on any atom is 0.261 e. The van der Waals surface area contributed by atoms with Gasteiger partial charge in [-0.25, -0.2) is 8.78 Å². The summed E-state index contributed by atoms with van der Waals surface area (Å²) in [6.07, 6.45) is -0.232. The van der Waals surface area contributed by atoms with Gasteiger partial charge in [0, 0.05) is 18.2 Å². The zero-order chi connectivity index (χ0) is 14.4. The first-order valence-corrected chi connectivity index (χ1v) is 6.38. The summed E-state index contributed by atoms with van der Waals surface area (Å²) in [5.41, 5.74) is 4.48. The molecule has 0 amide bonds. The van der Waals surface area contributed by atoms with Gasteiger partial charge < -0.3 is 4.74 Å². The lowest BCUT2D eigenvalue weighted by Gasteiger charge is -2.17. The number of nitrogens with two attached hydrogens (primary N) is 1. The lowest BCUT2D eigenvalue weighted by molar-refractivity contribution is 0.0144. The molecule has 1 unspecified atom stereocenters. The second-order valence-electron chi connectivity index (χ2n) is 4.40. The molecule has 3 N–H and O–H groups in total. The molecule has 1 aromatic heterocycles. The van der Waals surface area contributed by atoms with Crippen molar-refractivity contribution in [3.8, 4) is 0 Å². The summed E-state index contributed by atoms with van der Waals surface area (Å²) < 4.78 is 28.9. The Bertz CT molecular complexity index is 545. The SMILES string of the molecule is NNC(CCOCC(F)F)c1cccc2cccnc12. The third-order valence-electron chi connectivity index (χ3n) is 3.04. The number of halogens is 2. The monoisotopic (exact) mass is 281 g/mol. The van der Waals surface area contributed by atoms with E-state index in [1.54, 1.807) is 6.20 Å². The highest BCUT2D eigenvalue weighted by atomic mass is 19.3. The summed E-state index contributed by atoms with van der Waals surface area (Å²) >= 11 is 0. The van der Waals surface area contributed by atoms with Crippen molar-refractivity contribution in [2.45, 2.75) is 18.9 Å². The summed E-state index contributed by atoms with van der Waals surface area (Å²) in [5.74, 6) is 5.56. The van der Waals surface area contributed by atoms with E-state index in [9.17, 15) is 8.78 Å². The Hall–Kier alpha value is -1.63. The van der Waals surface area contributed by atoms with E-state index in [0.717, 1.165) is 16.5 Å². The number of nitrogens with zero attached hydrogens (tertiary/aromatic N) is 1. The van der Waals surface area contributed by atoms with Gasteiger partial charge in [0.05, 0.1) is 11.6 Å². The lowest BCUT2D eigenvalue weighted by atomic mass is 10.0. The average Bonchev–Trinajstić information content (AvgIpc) is 2.47. The van der Waals surface area contributed by atoms with Crippen molar-refractivity contribution < 1.29 is 13.5 Å². The van der Waals surface area contributed by atoms with Gasteiger partial charge in [0.15, 0.2) is 0 Å². The molecular formula is C14H17F2N3O. The van der Waals surface area contributed by atoms with E-state index in [-0.39, 0.29) is 12.6 Å². The molecular weight excluding hydrogens is 264 g/mol. The molecule has 4 nitrogen and oxygen atoms in total. The fourth-order valence-electron chi connectivity index (χ4n) is 2.11. The van der Waals surface area contributed by atoms with Gasteiger partial charge in [-0.15, -0.1) is 0 Å². The number of para-hydroxylation sites is 1. The van der Waals surface area contributed by atoms with E-state index >= 15 is 0 Å². The largest absolute Gasteiger partial charge is 0.375 e. The molecule has 1 atom stereocenters. The molecule has 1 aromatic carbocycles. The third-order valence-corrected chi connectivity index (χ3v) is 3.04. The topological polar surface area (TPSA) is 60.2 Å². The molecule has 0 fully saturated rings. The van der Waals surface area contributed by atoms with E-state index in [1.165, 1.54) is 0 Å². The number of pyridine rings is 1. The number of nitrogens with one attached hydrogen (secondary N) is 1. The standard InChI is InChI=1S/C14H17F2N3O/c15-13(16)9-20-8-6-12(19-17)11-5-1-3-10-4-2-7-18-14(10)11/h1-5,7,12-13,19H,6,8-9,17H2. The van der Waals surface area contributed by atoms with Crippen molar-refractivity contribution in [1.29, 1.82) is 0 Å². The molecule has 0 aliphatic heterocycles. The predicted octanol–water partition coefficient (Wildman–Crippen LogP) is 2.41. The van der Waals surface area contributed by atoms with Crippen LogP contribution in [0.1, 0.15) is 18.0 Å². The number of hydrogen-bond donors (Lipinski definition) is 2. The molecule has 0 spiro atoms. The first-order chi connectivity index (χ1) is 9.72. The number of ether oxygens (including phenoxy) is 1. The van der Waals surface area contributed by atoms with Crippen molar-refractivity contribution in [1.82, 2.24) is 10.4 Å². The van der Waals surface area contributed by atoms with Crippen LogP contribution in [0.5, 0.6) is 0 Å². The molecule has 0 aliphatic carbocycles. The van der Waals surface area contributed by atoms with E-state index in [0.29, 0.717) is 6.42 Å². The number of hydrogen-bond acceptors (Lipinski definition) is 4. The molecule has 2 aromatic rings. The summed E-state index contributed by atoms with van der Waals surface area (Å²) in [7, 11) is 0. The second-order valence-corrected chi connectivity index (χ2v) is 4.40. The summed E-state index contributed by atoms with van der Waals surface area (Å²) in [5, 5.41) is 1.01. The minimum Gasteiger partial charge on any atom is -0.375 e. The van der Waals surface area contributed by atoms with Crippen LogP contribution in [-0.4, -0.2) is 24.6 Å². The highest BCUT2D eigenvalue weighted by Crippen LogP contribution is 2.24. The smallest absolute Gasteiger partial charge is 0.261 e. The van der Waals surface area contributed by atoms with Gasteiger partial charge in [0.2, 0.25) is 0 Å². The average molecular weight is 281 g/mol. The number of alkyl halides is 2. The van der Waals surface area contributed by atoms with Gasteiger partial charge in [0.25, 0.3) is 6.43 Å². The van der Waals surface area contributed by atoms with Gasteiger partial charge in [-0.1, -0.05) is 24.3 Å². The summed E-state index contributed by atoms with van der Waals surface area (Å²) in [4.78, 5) is 4.35. The van der Waals surface area contributed by atoms with E-state index in [4.69, 9.17) is 10.6 Å². The normalized spacial score (nSPS) is 13.0. The number of hydrazine groups is 1. The molecule has 0 saturated carbocycles. The second kappa shape index (κ2) is 7.23. The quantitative estimate of drug-likeness (QED) is 0.465. The molecule has 1 heterocycles. The third kappa shape index (κ3) is 3.69. The van der Waals surface area contributed by atoms with Crippen LogP contribution < -0.4 is 11.3 Å². The van der Waals surface area contributed by atoms with Crippen molar-refractivity contribution in [3.63, 3.8) is 0 Å². The number of fused-ring (bicyclic) bond motifs is 1. The molecule has 0 bridgehead atoms. The van der Waals surface area contributed by atoms with Crippen LogP contribution >= 0.6 is 0 Å². The van der Waals surface area contributed by atoms with E-state index in [1.807, 2.05) is 30.3 Å². The number of aromatic nitrogens is 1. The zero-order valence-electron chi connectivity index (χ0n) is 10.9. The Morgan fingerprint density at radius 1 is 1.25 bits per heavy atom. The van der Waals surface area contributed by atoms with Crippen LogP contribution in [0.3, 0.4) is 0 Å². The van der Waals surface area contributed by atoms with Crippen LogP contribution in [0.25, 0.3) is 10.9 Å². The summed E-state index contributed by atoms with van der Waals surface area (Å²) in [6.45, 7) is -0.340. The first kappa shape index (κ1) is 14.8. The van der Waals surface area contributed by atoms with Gasteiger partial charge >= 0.3 is 0 Å². The highest BCUT2D eigenvalue weighted by Gasteiger charge is 2.14. The molecule has 0 radical (unpaired) electrons. The number of rotatable bonds is 7.